The Morgan fingerprint density at radius 3 is 2.93 bits per heavy atom. The Hall–Kier alpha value is -1.66. The number of hydrogen-bond acceptors (Lipinski definition) is 3. The molecule has 0 saturated carbocycles. The van der Waals surface area contributed by atoms with Crippen LogP contribution in [0, 0.1) is 0 Å². The topological polar surface area (TPSA) is 64.3 Å². The van der Waals surface area contributed by atoms with Gasteiger partial charge in [0.05, 0.1) is 6.20 Å². The van der Waals surface area contributed by atoms with E-state index in [9.17, 15) is 13.6 Å². The van der Waals surface area contributed by atoms with Crippen LogP contribution >= 0.6 is 0 Å². The molecule has 0 aromatic carbocycles. The van der Waals surface area contributed by atoms with Gasteiger partial charge in [-0.25, -0.2) is 13.6 Å². The number of carbonyl (C=O) groups is 1. The maximum Gasteiger partial charge on any atom is 0.341 e. The molecule has 1 heterocycles. The van der Waals surface area contributed by atoms with Crippen LogP contribution in [0.25, 0.3) is 0 Å². The summed E-state index contributed by atoms with van der Waals surface area (Å²) in [5.41, 5.74) is -0.547. The van der Waals surface area contributed by atoms with E-state index < -0.39 is 24.7 Å². The van der Waals surface area contributed by atoms with Gasteiger partial charge in [0.25, 0.3) is 6.43 Å². The molecule has 0 fully saturated rings. The summed E-state index contributed by atoms with van der Waals surface area (Å²) in [5.74, 6) is -1.43. The standard InChI is InChI=1S/C7H8F2N2O3/c1-11-2-4(14-3-5(12)13)6(10-11)7(8)9/h2,7H,3H2,1H3,(H,12,13). The summed E-state index contributed by atoms with van der Waals surface area (Å²) < 4.78 is 30.3. The number of aromatic nitrogens is 2. The quantitative estimate of drug-likeness (QED) is 0.792. The summed E-state index contributed by atoms with van der Waals surface area (Å²) in [4.78, 5) is 10.1. The number of aryl methyl sites for hydroxylation is 1. The van der Waals surface area contributed by atoms with Gasteiger partial charge in [-0.05, 0) is 0 Å². The van der Waals surface area contributed by atoms with Crippen LogP contribution in [0.3, 0.4) is 0 Å². The lowest BCUT2D eigenvalue weighted by Crippen LogP contribution is -2.10. The molecule has 0 aliphatic heterocycles. The predicted molar refractivity (Wildman–Crippen MR) is 41.3 cm³/mol. The average molecular weight is 206 g/mol. The van der Waals surface area contributed by atoms with Crippen molar-refractivity contribution >= 4 is 5.97 Å². The SMILES string of the molecule is Cn1cc(OCC(=O)O)c(C(F)F)n1. The Morgan fingerprint density at radius 2 is 2.43 bits per heavy atom. The van der Waals surface area contributed by atoms with Crippen molar-refractivity contribution < 1.29 is 23.4 Å². The number of ether oxygens (including phenoxy) is 1. The van der Waals surface area contributed by atoms with Crippen molar-refractivity contribution in [1.82, 2.24) is 9.78 Å². The minimum Gasteiger partial charge on any atom is -0.479 e. The summed E-state index contributed by atoms with van der Waals surface area (Å²) in [6, 6.07) is 0. The molecule has 0 spiro atoms. The minimum atomic E-state index is -2.78. The van der Waals surface area contributed by atoms with Crippen LogP contribution in [-0.4, -0.2) is 27.5 Å². The molecule has 0 radical (unpaired) electrons. The van der Waals surface area contributed by atoms with Crippen LogP contribution in [0.2, 0.25) is 0 Å². The van der Waals surface area contributed by atoms with E-state index in [4.69, 9.17) is 5.11 Å². The molecular weight excluding hydrogens is 198 g/mol. The lowest BCUT2D eigenvalue weighted by molar-refractivity contribution is -0.139. The van der Waals surface area contributed by atoms with Crippen LogP contribution in [0.1, 0.15) is 12.1 Å². The average Bonchev–Trinajstić information content (AvgIpc) is 2.43. The van der Waals surface area contributed by atoms with Gasteiger partial charge >= 0.3 is 5.97 Å². The summed E-state index contributed by atoms with van der Waals surface area (Å²) in [6.07, 6.45) is -1.58. The first-order chi connectivity index (χ1) is 6.50. The molecule has 1 aromatic rings. The molecule has 0 amide bonds. The number of alkyl halides is 2. The van der Waals surface area contributed by atoms with E-state index in [1.165, 1.54) is 13.2 Å². The third-order valence-corrected chi connectivity index (χ3v) is 1.38. The molecule has 1 rings (SSSR count). The Morgan fingerprint density at radius 1 is 1.79 bits per heavy atom. The van der Waals surface area contributed by atoms with Gasteiger partial charge in [-0.2, -0.15) is 5.10 Å². The monoisotopic (exact) mass is 206 g/mol. The largest absolute Gasteiger partial charge is 0.479 e. The fourth-order valence-electron chi connectivity index (χ4n) is 0.886. The molecular formula is C7H8F2N2O3. The molecule has 5 nitrogen and oxygen atoms in total. The van der Waals surface area contributed by atoms with Crippen molar-refractivity contribution in [2.45, 2.75) is 6.43 Å². The van der Waals surface area contributed by atoms with E-state index in [-0.39, 0.29) is 5.75 Å². The van der Waals surface area contributed by atoms with Gasteiger partial charge in [0.2, 0.25) is 0 Å². The Balaban J connectivity index is 2.79. The summed E-state index contributed by atoms with van der Waals surface area (Å²) in [6.45, 7) is -0.661. The van der Waals surface area contributed by atoms with E-state index in [1.807, 2.05) is 0 Å². The summed E-state index contributed by atoms with van der Waals surface area (Å²) >= 11 is 0. The lowest BCUT2D eigenvalue weighted by Gasteiger charge is -2.01. The van der Waals surface area contributed by atoms with Crippen LogP contribution < -0.4 is 4.74 Å². The first-order valence-electron chi connectivity index (χ1n) is 3.67. The van der Waals surface area contributed by atoms with Crippen molar-refractivity contribution in [3.63, 3.8) is 0 Å². The highest BCUT2D eigenvalue weighted by molar-refractivity contribution is 5.68. The summed E-state index contributed by atoms with van der Waals surface area (Å²) in [7, 11) is 1.44. The molecule has 0 unspecified atom stereocenters. The number of carboxylic acid groups (broad SMARTS) is 1. The highest BCUT2D eigenvalue weighted by atomic mass is 19.3. The molecule has 14 heavy (non-hydrogen) atoms. The molecule has 1 aromatic heterocycles. The minimum absolute atomic E-state index is 0.204. The van der Waals surface area contributed by atoms with Gasteiger partial charge in [0.1, 0.15) is 0 Å². The van der Waals surface area contributed by atoms with Crippen molar-refractivity contribution in [3.8, 4) is 5.75 Å². The molecule has 7 heteroatoms. The van der Waals surface area contributed by atoms with Crippen LogP contribution in [-0.2, 0) is 11.8 Å². The second-order valence-corrected chi connectivity index (χ2v) is 2.54. The highest BCUT2D eigenvalue weighted by Gasteiger charge is 2.19. The Bertz CT molecular complexity index is 338. The van der Waals surface area contributed by atoms with Crippen LogP contribution in [0.15, 0.2) is 6.20 Å². The fraction of sp³-hybridized carbons (Fsp3) is 0.429. The van der Waals surface area contributed by atoms with Gasteiger partial charge in [-0.15, -0.1) is 0 Å². The molecule has 0 aliphatic rings. The Kier molecular flexibility index (Phi) is 3.00. The maximum absolute atomic E-state index is 12.3. The fourth-order valence-corrected chi connectivity index (χ4v) is 0.886. The second kappa shape index (κ2) is 4.03. The van der Waals surface area contributed by atoms with Gasteiger partial charge in [-0.3, -0.25) is 4.68 Å². The molecule has 1 N–H and O–H groups in total. The van der Waals surface area contributed by atoms with E-state index in [0.717, 1.165) is 4.68 Å². The van der Waals surface area contributed by atoms with Crippen molar-refractivity contribution in [1.29, 1.82) is 0 Å². The molecule has 78 valence electrons. The number of hydrogen-bond donors (Lipinski definition) is 1. The van der Waals surface area contributed by atoms with Crippen LogP contribution in [0.5, 0.6) is 5.75 Å². The number of aliphatic carboxylic acids is 1. The first-order valence-corrected chi connectivity index (χ1v) is 3.67. The number of carboxylic acids is 1. The van der Waals surface area contributed by atoms with Crippen LogP contribution in [0.4, 0.5) is 8.78 Å². The van der Waals surface area contributed by atoms with Gasteiger partial charge < -0.3 is 9.84 Å². The maximum atomic E-state index is 12.3. The van der Waals surface area contributed by atoms with E-state index in [2.05, 4.69) is 9.84 Å². The zero-order valence-electron chi connectivity index (χ0n) is 7.28. The molecule has 0 atom stereocenters. The van der Waals surface area contributed by atoms with E-state index >= 15 is 0 Å². The summed E-state index contributed by atoms with van der Waals surface area (Å²) in [5, 5.41) is 11.7. The zero-order valence-corrected chi connectivity index (χ0v) is 7.28. The lowest BCUT2D eigenvalue weighted by atomic mass is 10.4. The van der Waals surface area contributed by atoms with Crippen molar-refractivity contribution in [3.05, 3.63) is 11.9 Å². The normalized spacial score (nSPS) is 10.6. The first kappa shape index (κ1) is 10.4. The van der Waals surface area contributed by atoms with Crippen molar-refractivity contribution in [2.75, 3.05) is 6.61 Å². The number of nitrogens with zero attached hydrogens (tertiary/aromatic N) is 2. The van der Waals surface area contributed by atoms with E-state index in [1.54, 1.807) is 0 Å². The van der Waals surface area contributed by atoms with Crippen molar-refractivity contribution in [2.24, 2.45) is 7.05 Å². The third-order valence-electron chi connectivity index (χ3n) is 1.38. The number of rotatable bonds is 4. The predicted octanol–water partition coefficient (Wildman–Crippen LogP) is 0.821. The molecule has 0 bridgehead atoms. The molecule has 0 saturated heterocycles. The number of halogens is 2. The van der Waals surface area contributed by atoms with E-state index in [0.29, 0.717) is 0 Å². The van der Waals surface area contributed by atoms with Gasteiger partial charge in [0, 0.05) is 7.05 Å². The smallest absolute Gasteiger partial charge is 0.341 e. The highest BCUT2D eigenvalue weighted by Crippen LogP contribution is 2.26. The zero-order chi connectivity index (χ0) is 10.7. The van der Waals surface area contributed by atoms with Gasteiger partial charge in [0.15, 0.2) is 18.1 Å². The Labute approximate surface area is 77.9 Å². The van der Waals surface area contributed by atoms with Gasteiger partial charge in [-0.1, -0.05) is 0 Å². The second-order valence-electron chi connectivity index (χ2n) is 2.54. The third kappa shape index (κ3) is 2.41. The molecule has 0 aliphatic carbocycles.